The summed E-state index contributed by atoms with van der Waals surface area (Å²) in [5, 5.41) is 2.69. The second-order valence-corrected chi connectivity index (χ2v) is 4.43. The molecule has 2 aromatic rings. The fourth-order valence-electron chi connectivity index (χ4n) is 2.55. The summed E-state index contributed by atoms with van der Waals surface area (Å²) in [5.74, 6) is 0. The van der Waals surface area contributed by atoms with Crippen molar-refractivity contribution in [3.05, 3.63) is 47.5 Å². The van der Waals surface area contributed by atoms with Crippen LogP contribution in [0.2, 0.25) is 0 Å². The number of aliphatic imine (C=N–C) groups is 1. The summed E-state index contributed by atoms with van der Waals surface area (Å²) in [5.41, 5.74) is 2.79. The fraction of sp³-hybridized carbons (Fsp3) is 0.267. The lowest BCUT2D eigenvalue weighted by Gasteiger charge is -2.13. The molecule has 1 aliphatic heterocycles. The molecule has 0 radical (unpaired) electrons. The molecule has 0 saturated heterocycles. The SMILES string of the molecule is Cc1c(C2CCC=N2)ccc2ccccc12. The van der Waals surface area contributed by atoms with Crippen molar-refractivity contribution in [3.8, 4) is 0 Å². The zero-order valence-electron chi connectivity index (χ0n) is 9.48. The molecule has 16 heavy (non-hydrogen) atoms. The van der Waals surface area contributed by atoms with Gasteiger partial charge in [0.2, 0.25) is 0 Å². The van der Waals surface area contributed by atoms with E-state index in [0.717, 1.165) is 6.42 Å². The third-order valence-corrected chi connectivity index (χ3v) is 3.45. The summed E-state index contributed by atoms with van der Waals surface area (Å²) in [4.78, 5) is 4.55. The van der Waals surface area contributed by atoms with Crippen LogP contribution >= 0.6 is 0 Å². The number of fused-ring (bicyclic) bond motifs is 1. The Morgan fingerprint density at radius 2 is 2.00 bits per heavy atom. The highest BCUT2D eigenvalue weighted by molar-refractivity contribution is 5.86. The van der Waals surface area contributed by atoms with E-state index >= 15 is 0 Å². The van der Waals surface area contributed by atoms with Crippen LogP contribution in [-0.2, 0) is 0 Å². The fourth-order valence-corrected chi connectivity index (χ4v) is 2.55. The van der Waals surface area contributed by atoms with Crippen LogP contribution in [0, 0.1) is 6.92 Å². The Morgan fingerprint density at radius 3 is 2.81 bits per heavy atom. The van der Waals surface area contributed by atoms with Gasteiger partial charge in [-0.2, -0.15) is 0 Å². The van der Waals surface area contributed by atoms with Gasteiger partial charge < -0.3 is 0 Å². The maximum atomic E-state index is 4.55. The molecule has 80 valence electrons. The van der Waals surface area contributed by atoms with Gasteiger partial charge in [-0.1, -0.05) is 36.4 Å². The molecular formula is C15H15N. The molecule has 1 heteroatoms. The van der Waals surface area contributed by atoms with Gasteiger partial charge in [0.25, 0.3) is 0 Å². The summed E-state index contributed by atoms with van der Waals surface area (Å²) in [7, 11) is 0. The molecule has 0 aromatic heterocycles. The maximum absolute atomic E-state index is 4.55. The predicted molar refractivity (Wildman–Crippen MR) is 69.2 cm³/mol. The average molecular weight is 209 g/mol. The van der Waals surface area contributed by atoms with Gasteiger partial charge in [0.1, 0.15) is 0 Å². The maximum Gasteiger partial charge on any atom is 0.0751 e. The summed E-state index contributed by atoms with van der Waals surface area (Å²) < 4.78 is 0. The molecule has 1 heterocycles. The topological polar surface area (TPSA) is 12.4 Å². The number of hydrogen-bond donors (Lipinski definition) is 0. The van der Waals surface area contributed by atoms with Crippen LogP contribution in [0.15, 0.2) is 41.4 Å². The first-order valence-electron chi connectivity index (χ1n) is 5.86. The van der Waals surface area contributed by atoms with Gasteiger partial charge in [-0.3, -0.25) is 4.99 Å². The van der Waals surface area contributed by atoms with E-state index in [9.17, 15) is 0 Å². The van der Waals surface area contributed by atoms with E-state index in [0.29, 0.717) is 6.04 Å². The third-order valence-electron chi connectivity index (χ3n) is 3.45. The molecule has 3 rings (SSSR count). The van der Waals surface area contributed by atoms with Gasteiger partial charge in [-0.15, -0.1) is 0 Å². The largest absolute Gasteiger partial charge is 0.289 e. The van der Waals surface area contributed by atoms with Crippen LogP contribution in [0.4, 0.5) is 0 Å². The quantitative estimate of drug-likeness (QED) is 0.671. The van der Waals surface area contributed by atoms with E-state index in [1.807, 2.05) is 0 Å². The van der Waals surface area contributed by atoms with Crippen LogP contribution in [0.1, 0.15) is 30.0 Å². The van der Waals surface area contributed by atoms with Gasteiger partial charge >= 0.3 is 0 Å². The molecule has 0 N–H and O–H groups in total. The highest BCUT2D eigenvalue weighted by atomic mass is 14.8. The van der Waals surface area contributed by atoms with E-state index in [1.165, 1.54) is 28.3 Å². The van der Waals surface area contributed by atoms with Crippen LogP contribution in [0.3, 0.4) is 0 Å². The van der Waals surface area contributed by atoms with Crippen LogP contribution in [0.5, 0.6) is 0 Å². The normalized spacial score (nSPS) is 19.4. The van der Waals surface area contributed by atoms with Crippen molar-refractivity contribution in [1.82, 2.24) is 0 Å². The smallest absolute Gasteiger partial charge is 0.0751 e. The molecule has 0 fully saturated rings. The minimum atomic E-state index is 0.393. The molecule has 0 saturated carbocycles. The number of rotatable bonds is 1. The van der Waals surface area contributed by atoms with Crippen molar-refractivity contribution in [2.24, 2.45) is 4.99 Å². The molecule has 0 amide bonds. The molecular weight excluding hydrogens is 194 g/mol. The number of aryl methyl sites for hydroxylation is 1. The Labute approximate surface area is 95.8 Å². The Morgan fingerprint density at radius 1 is 1.12 bits per heavy atom. The second kappa shape index (κ2) is 3.75. The highest BCUT2D eigenvalue weighted by Gasteiger charge is 2.16. The van der Waals surface area contributed by atoms with Gasteiger partial charge in [-0.05, 0) is 47.9 Å². The standard InChI is InChI=1S/C15H15N/c1-11-13-6-3-2-5-12(13)8-9-14(11)15-7-4-10-16-15/h2-3,5-6,8-10,15H,4,7H2,1H3. The Hall–Kier alpha value is -1.63. The number of nitrogens with zero attached hydrogens (tertiary/aromatic N) is 1. The molecule has 1 aliphatic rings. The molecule has 1 atom stereocenters. The summed E-state index contributed by atoms with van der Waals surface area (Å²) in [6.07, 6.45) is 4.34. The Kier molecular flexibility index (Phi) is 2.24. The minimum Gasteiger partial charge on any atom is -0.289 e. The van der Waals surface area contributed by atoms with Crippen LogP contribution in [-0.4, -0.2) is 6.21 Å². The summed E-state index contributed by atoms with van der Waals surface area (Å²) >= 11 is 0. The van der Waals surface area contributed by atoms with E-state index in [2.05, 4.69) is 54.5 Å². The molecule has 1 unspecified atom stereocenters. The van der Waals surface area contributed by atoms with Gasteiger partial charge in [0.05, 0.1) is 6.04 Å². The third kappa shape index (κ3) is 1.44. The number of benzene rings is 2. The van der Waals surface area contributed by atoms with Crippen molar-refractivity contribution in [2.75, 3.05) is 0 Å². The van der Waals surface area contributed by atoms with Crippen molar-refractivity contribution >= 4 is 17.0 Å². The Balaban J connectivity index is 2.19. The molecule has 0 spiro atoms. The van der Waals surface area contributed by atoms with Gasteiger partial charge in [0, 0.05) is 0 Å². The van der Waals surface area contributed by atoms with E-state index in [1.54, 1.807) is 0 Å². The van der Waals surface area contributed by atoms with Crippen LogP contribution < -0.4 is 0 Å². The van der Waals surface area contributed by atoms with E-state index in [-0.39, 0.29) is 0 Å². The lowest BCUT2D eigenvalue weighted by atomic mass is 9.94. The summed E-state index contributed by atoms with van der Waals surface area (Å²) in [6, 6.07) is 13.4. The lowest BCUT2D eigenvalue weighted by Crippen LogP contribution is -1.95. The lowest BCUT2D eigenvalue weighted by molar-refractivity contribution is 0.720. The van der Waals surface area contributed by atoms with Crippen molar-refractivity contribution < 1.29 is 0 Å². The van der Waals surface area contributed by atoms with E-state index in [4.69, 9.17) is 0 Å². The minimum absolute atomic E-state index is 0.393. The van der Waals surface area contributed by atoms with Gasteiger partial charge in [0.15, 0.2) is 0 Å². The summed E-state index contributed by atoms with van der Waals surface area (Å²) in [6.45, 7) is 2.21. The van der Waals surface area contributed by atoms with Gasteiger partial charge in [-0.25, -0.2) is 0 Å². The molecule has 0 aliphatic carbocycles. The van der Waals surface area contributed by atoms with Crippen molar-refractivity contribution in [3.63, 3.8) is 0 Å². The monoisotopic (exact) mass is 209 g/mol. The first-order chi connectivity index (χ1) is 7.86. The number of hydrogen-bond acceptors (Lipinski definition) is 1. The second-order valence-electron chi connectivity index (χ2n) is 4.43. The first kappa shape index (κ1) is 9.59. The molecule has 2 aromatic carbocycles. The van der Waals surface area contributed by atoms with Crippen molar-refractivity contribution in [2.45, 2.75) is 25.8 Å². The highest BCUT2D eigenvalue weighted by Crippen LogP contribution is 2.32. The first-order valence-corrected chi connectivity index (χ1v) is 5.86. The van der Waals surface area contributed by atoms with E-state index < -0.39 is 0 Å². The van der Waals surface area contributed by atoms with Crippen LogP contribution in [0.25, 0.3) is 10.8 Å². The Bertz CT molecular complexity index is 554. The zero-order valence-corrected chi connectivity index (χ0v) is 9.48. The van der Waals surface area contributed by atoms with Crippen molar-refractivity contribution in [1.29, 1.82) is 0 Å². The predicted octanol–water partition coefficient (Wildman–Crippen LogP) is 4.05. The average Bonchev–Trinajstić information content (AvgIpc) is 2.83. The molecule has 0 bridgehead atoms. The molecule has 1 nitrogen and oxygen atoms in total. The zero-order chi connectivity index (χ0) is 11.0.